The first-order valence-electron chi connectivity index (χ1n) is 8.43. The average Bonchev–Trinajstić information content (AvgIpc) is 2.65. The van der Waals surface area contributed by atoms with Crippen molar-refractivity contribution in [3.63, 3.8) is 0 Å². The molecule has 2 aromatic carbocycles. The molecule has 0 amide bonds. The monoisotopic (exact) mass is 406 g/mol. The van der Waals surface area contributed by atoms with Crippen molar-refractivity contribution in [2.24, 2.45) is 0 Å². The molecule has 0 N–H and O–H groups in total. The van der Waals surface area contributed by atoms with Crippen LogP contribution in [0.5, 0.6) is 11.5 Å². The van der Waals surface area contributed by atoms with Gasteiger partial charge in [-0.2, -0.15) is 0 Å². The standard InChI is InChI=1S/C20H22O5S2/c1-15(21)23-11-13-26-19-7-3-17(4-8-19)25-18-5-9-20(10-6-18)27-14-12-24-16(2)22/h3-10H,11-14H2,1-2H3. The molecule has 0 atom stereocenters. The van der Waals surface area contributed by atoms with E-state index in [9.17, 15) is 9.59 Å². The molecule has 0 heterocycles. The lowest BCUT2D eigenvalue weighted by atomic mass is 10.3. The van der Waals surface area contributed by atoms with E-state index in [4.69, 9.17) is 14.2 Å². The van der Waals surface area contributed by atoms with E-state index in [2.05, 4.69) is 0 Å². The van der Waals surface area contributed by atoms with E-state index in [1.165, 1.54) is 13.8 Å². The van der Waals surface area contributed by atoms with Crippen LogP contribution in [0.15, 0.2) is 58.3 Å². The molecular formula is C20H22O5S2. The Kier molecular flexibility index (Phi) is 9.07. The molecular weight excluding hydrogens is 384 g/mol. The molecule has 0 aliphatic heterocycles. The molecule has 2 rings (SSSR count). The summed E-state index contributed by atoms with van der Waals surface area (Å²) in [7, 11) is 0. The van der Waals surface area contributed by atoms with Gasteiger partial charge in [-0.15, -0.1) is 23.5 Å². The number of benzene rings is 2. The number of hydrogen-bond acceptors (Lipinski definition) is 7. The van der Waals surface area contributed by atoms with Crippen LogP contribution in [0.1, 0.15) is 13.8 Å². The summed E-state index contributed by atoms with van der Waals surface area (Å²) in [6.45, 7) is 3.63. The fraction of sp³-hybridized carbons (Fsp3) is 0.300. The van der Waals surface area contributed by atoms with E-state index in [1.54, 1.807) is 23.5 Å². The molecule has 2 aromatic rings. The van der Waals surface area contributed by atoms with Crippen molar-refractivity contribution < 1.29 is 23.8 Å². The van der Waals surface area contributed by atoms with Crippen LogP contribution in [0.2, 0.25) is 0 Å². The fourth-order valence-electron chi connectivity index (χ4n) is 2.03. The first-order valence-corrected chi connectivity index (χ1v) is 10.4. The molecule has 0 saturated heterocycles. The van der Waals surface area contributed by atoms with Gasteiger partial charge in [0, 0.05) is 35.1 Å². The van der Waals surface area contributed by atoms with Crippen LogP contribution in [0.4, 0.5) is 0 Å². The highest BCUT2D eigenvalue weighted by molar-refractivity contribution is 7.99. The molecule has 0 aliphatic carbocycles. The normalized spacial score (nSPS) is 10.3. The second-order valence-electron chi connectivity index (χ2n) is 5.42. The highest BCUT2D eigenvalue weighted by Crippen LogP contribution is 2.27. The van der Waals surface area contributed by atoms with E-state index >= 15 is 0 Å². The van der Waals surface area contributed by atoms with Crippen LogP contribution in [0.3, 0.4) is 0 Å². The topological polar surface area (TPSA) is 61.8 Å². The number of rotatable bonds is 10. The van der Waals surface area contributed by atoms with Crippen LogP contribution >= 0.6 is 23.5 Å². The Bertz CT molecular complexity index is 666. The molecule has 5 nitrogen and oxygen atoms in total. The van der Waals surface area contributed by atoms with Crippen molar-refractivity contribution in [3.05, 3.63) is 48.5 Å². The van der Waals surface area contributed by atoms with Gasteiger partial charge in [-0.25, -0.2) is 0 Å². The largest absolute Gasteiger partial charge is 0.465 e. The number of esters is 2. The first kappa shape index (κ1) is 21.2. The second-order valence-corrected chi connectivity index (χ2v) is 7.76. The molecule has 144 valence electrons. The van der Waals surface area contributed by atoms with E-state index in [1.807, 2.05) is 48.5 Å². The summed E-state index contributed by atoms with van der Waals surface area (Å²) in [5, 5.41) is 0. The maximum absolute atomic E-state index is 10.7. The fourth-order valence-corrected chi connectivity index (χ4v) is 3.50. The number of carbonyl (C=O) groups excluding carboxylic acids is 2. The van der Waals surface area contributed by atoms with Crippen molar-refractivity contribution in [2.45, 2.75) is 23.6 Å². The van der Waals surface area contributed by atoms with E-state index < -0.39 is 0 Å². The predicted molar refractivity (Wildman–Crippen MR) is 108 cm³/mol. The van der Waals surface area contributed by atoms with Gasteiger partial charge < -0.3 is 14.2 Å². The summed E-state index contributed by atoms with van der Waals surface area (Å²) < 4.78 is 15.7. The third-order valence-corrected chi connectivity index (χ3v) is 5.15. The Morgan fingerprint density at radius 2 is 1.07 bits per heavy atom. The summed E-state index contributed by atoms with van der Waals surface area (Å²) in [4.78, 5) is 23.6. The maximum atomic E-state index is 10.7. The summed E-state index contributed by atoms with van der Waals surface area (Å²) in [5.74, 6) is 2.44. The SMILES string of the molecule is CC(=O)OCCSc1ccc(Oc2ccc(SCCOC(C)=O)cc2)cc1. The number of hydrogen-bond donors (Lipinski definition) is 0. The zero-order valence-corrected chi connectivity index (χ0v) is 16.9. The summed E-state index contributed by atoms with van der Waals surface area (Å²) in [6, 6.07) is 15.6. The van der Waals surface area contributed by atoms with Crippen LogP contribution in [-0.2, 0) is 19.1 Å². The van der Waals surface area contributed by atoms with E-state index in [-0.39, 0.29) is 11.9 Å². The summed E-state index contributed by atoms with van der Waals surface area (Å²) in [6.07, 6.45) is 0. The van der Waals surface area contributed by atoms with E-state index in [0.29, 0.717) is 13.2 Å². The second kappa shape index (κ2) is 11.6. The van der Waals surface area contributed by atoms with Crippen molar-refractivity contribution >= 4 is 35.5 Å². The lowest BCUT2D eigenvalue weighted by molar-refractivity contribution is -0.141. The third-order valence-electron chi connectivity index (χ3n) is 3.20. The van der Waals surface area contributed by atoms with Crippen molar-refractivity contribution in [1.29, 1.82) is 0 Å². The molecule has 0 spiro atoms. The van der Waals surface area contributed by atoms with Gasteiger partial charge in [-0.05, 0) is 48.5 Å². The Labute approximate surface area is 167 Å². The third kappa shape index (κ3) is 8.88. The predicted octanol–water partition coefficient (Wildman–Crippen LogP) is 4.79. The highest BCUT2D eigenvalue weighted by Gasteiger charge is 2.01. The molecule has 0 aliphatic rings. The Balaban J connectivity index is 1.76. The molecule has 7 heteroatoms. The Morgan fingerprint density at radius 1 is 0.704 bits per heavy atom. The Morgan fingerprint density at radius 3 is 1.41 bits per heavy atom. The molecule has 0 bridgehead atoms. The molecule has 0 fully saturated rings. The van der Waals surface area contributed by atoms with E-state index in [0.717, 1.165) is 32.8 Å². The quantitative estimate of drug-likeness (QED) is 0.319. The minimum atomic E-state index is -0.256. The van der Waals surface area contributed by atoms with Crippen molar-refractivity contribution in [3.8, 4) is 11.5 Å². The summed E-state index contributed by atoms with van der Waals surface area (Å²) in [5.41, 5.74) is 0. The minimum Gasteiger partial charge on any atom is -0.465 e. The van der Waals surface area contributed by atoms with Gasteiger partial charge in [-0.1, -0.05) is 0 Å². The van der Waals surface area contributed by atoms with Crippen molar-refractivity contribution in [2.75, 3.05) is 24.7 Å². The van der Waals surface area contributed by atoms with Crippen LogP contribution < -0.4 is 4.74 Å². The lowest BCUT2D eigenvalue weighted by Crippen LogP contribution is -2.02. The first-order chi connectivity index (χ1) is 13.0. The lowest BCUT2D eigenvalue weighted by Gasteiger charge is -2.08. The van der Waals surface area contributed by atoms with Crippen LogP contribution in [0.25, 0.3) is 0 Å². The highest BCUT2D eigenvalue weighted by atomic mass is 32.2. The van der Waals surface area contributed by atoms with Gasteiger partial charge in [0.15, 0.2) is 0 Å². The number of ether oxygens (including phenoxy) is 3. The van der Waals surface area contributed by atoms with Gasteiger partial charge in [0.05, 0.1) is 0 Å². The van der Waals surface area contributed by atoms with Gasteiger partial charge in [0.1, 0.15) is 24.7 Å². The number of thioether (sulfide) groups is 2. The minimum absolute atomic E-state index is 0.256. The molecule has 0 aromatic heterocycles. The van der Waals surface area contributed by atoms with Crippen molar-refractivity contribution in [1.82, 2.24) is 0 Å². The Hall–Kier alpha value is -2.12. The summed E-state index contributed by atoms with van der Waals surface area (Å²) >= 11 is 3.25. The molecule has 0 unspecified atom stereocenters. The zero-order chi connectivity index (χ0) is 19.5. The molecule has 0 saturated carbocycles. The molecule has 0 radical (unpaired) electrons. The number of carbonyl (C=O) groups is 2. The van der Waals surface area contributed by atoms with Gasteiger partial charge in [-0.3, -0.25) is 9.59 Å². The molecule has 27 heavy (non-hydrogen) atoms. The van der Waals surface area contributed by atoms with Crippen LogP contribution in [-0.4, -0.2) is 36.7 Å². The maximum Gasteiger partial charge on any atom is 0.302 e. The zero-order valence-electron chi connectivity index (χ0n) is 15.3. The van der Waals surface area contributed by atoms with Gasteiger partial charge in [0.2, 0.25) is 0 Å². The average molecular weight is 407 g/mol. The van der Waals surface area contributed by atoms with Gasteiger partial charge in [0.25, 0.3) is 0 Å². The van der Waals surface area contributed by atoms with Gasteiger partial charge >= 0.3 is 11.9 Å². The van der Waals surface area contributed by atoms with Crippen LogP contribution in [0, 0.1) is 0 Å². The smallest absolute Gasteiger partial charge is 0.302 e.